The van der Waals surface area contributed by atoms with Crippen LogP contribution in [0.3, 0.4) is 0 Å². The number of benzene rings is 2. The van der Waals surface area contributed by atoms with E-state index < -0.39 is 8.32 Å². The van der Waals surface area contributed by atoms with Crippen LogP contribution >= 0.6 is 0 Å². The molecule has 188 valence electrons. The summed E-state index contributed by atoms with van der Waals surface area (Å²) in [7, 11) is 1.44. The molecule has 0 radical (unpaired) electrons. The zero-order chi connectivity index (χ0) is 24.8. The fraction of sp³-hybridized carbons (Fsp3) is 0.571. The van der Waals surface area contributed by atoms with Gasteiger partial charge in [0, 0.05) is 20.3 Å². The zero-order valence-corrected chi connectivity index (χ0v) is 23.0. The molecular weight excluding hydrogens is 444 g/mol. The minimum atomic E-state index is -1.81. The molecular formula is C28H42O5Si. The lowest BCUT2D eigenvalue weighted by Crippen LogP contribution is -2.43. The molecule has 1 fully saturated rings. The Morgan fingerprint density at radius 2 is 1.32 bits per heavy atom. The van der Waals surface area contributed by atoms with Gasteiger partial charge in [0.2, 0.25) is 8.32 Å². The second-order valence-electron chi connectivity index (χ2n) is 10.8. The summed E-state index contributed by atoms with van der Waals surface area (Å²) >= 11 is 0. The maximum atomic E-state index is 6.46. The van der Waals surface area contributed by atoms with E-state index in [2.05, 4.69) is 64.2 Å². The van der Waals surface area contributed by atoms with E-state index in [0.717, 1.165) is 30.1 Å². The first-order valence-electron chi connectivity index (χ1n) is 12.3. The number of hydrogen-bond acceptors (Lipinski definition) is 5. The summed E-state index contributed by atoms with van der Waals surface area (Å²) in [5.41, 5.74) is 2.65. The van der Waals surface area contributed by atoms with Gasteiger partial charge in [0.15, 0.2) is 13.6 Å². The predicted octanol–water partition coefficient (Wildman–Crippen LogP) is 7.48. The molecule has 2 aromatic rings. The van der Waals surface area contributed by atoms with Gasteiger partial charge < -0.3 is 23.4 Å². The molecule has 3 rings (SSSR count). The predicted molar refractivity (Wildman–Crippen MR) is 140 cm³/mol. The lowest BCUT2D eigenvalue weighted by atomic mass is 9.76. The van der Waals surface area contributed by atoms with Crippen LogP contribution in [-0.4, -0.2) is 36.1 Å². The molecule has 0 atom stereocenters. The molecule has 0 bridgehead atoms. The van der Waals surface area contributed by atoms with Gasteiger partial charge in [0.1, 0.15) is 17.2 Å². The highest BCUT2D eigenvalue weighted by Crippen LogP contribution is 2.44. The van der Waals surface area contributed by atoms with Crippen LogP contribution in [0.5, 0.6) is 17.2 Å². The van der Waals surface area contributed by atoms with Crippen molar-refractivity contribution >= 4 is 8.32 Å². The smallest absolute Gasteiger partial charge is 0.250 e. The van der Waals surface area contributed by atoms with Gasteiger partial charge in [-0.3, -0.25) is 0 Å². The molecule has 0 aromatic heterocycles. The van der Waals surface area contributed by atoms with Crippen molar-refractivity contribution in [3.8, 4) is 17.2 Å². The lowest BCUT2D eigenvalue weighted by Gasteiger charge is -2.36. The van der Waals surface area contributed by atoms with Crippen LogP contribution in [0.25, 0.3) is 0 Å². The Hall–Kier alpha value is -2.02. The van der Waals surface area contributed by atoms with E-state index in [1.54, 1.807) is 14.2 Å². The van der Waals surface area contributed by atoms with Crippen LogP contribution in [0.15, 0.2) is 42.5 Å². The topological polar surface area (TPSA) is 46.2 Å². The second-order valence-corrected chi connectivity index (χ2v) is 15.5. The first-order valence-corrected chi connectivity index (χ1v) is 15.2. The Balaban J connectivity index is 1.63. The first-order chi connectivity index (χ1) is 16.1. The van der Waals surface area contributed by atoms with Gasteiger partial charge in [-0.25, -0.2) is 0 Å². The van der Waals surface area contributed by atoms with Crippen molar-refractivity contribution in [2.24, 2.45) is 0 Å². The minimum absolute atomic E-state index is 0.198. The lowest BCUT2D eigenvalue weighted by molar-refractivity contribution is 0.0453. The van der Waals surface area contributed by atoms with Crippen LogP contribution in [0, 0.1) is 0 Å². The van der Waals surface area contributed by atoms with E-state index in [0.29, 0.717) is 11.8 Å². The van der Waals surface area contributed by atoms with E-state index in [1.165, 1.54) is 24.0 Å². The zero-order valence-electron chi connectivity index (χ0n) is 22.0. The Bertz CT molecular complexity index is 896. The van der Waals surface area contributed by atoms with Crippen molar-refractivity contribution in [2.45, 2.75) is 76.4 Å². The van der Waals surface area contributed by atoms with Gasteiger partial charge >= 0.3 is 0 Å². The Kier molecular flexibility index (Phi) is 9.07. The third kappa shape index (κ3) is 6.77. The monoisotopic (exact) mass is 486 g/mol. The third-order valence-electron chi connectivity index (χ3n) is 7.36. The van der Waals surface area contributed by atoms with Crippen molar-refractivity contribution in [2.75, 3.05) is 27.8 Å². The number of rotatable bonds is 10. The Morgan fingerprint density at radius 1 is 0.765 bits per heavy atom. The summed E-state index contributed by atoms with van der Waals surface area (Å²) in [5, 5.41) is 0.198. The van der Waals surface area contributed by atoms with Crippen molar-refractivity contribution in [3.05, 3.63) is 53.6 Å². The summed E-state index contributed by atoms with van der Waals surface area (Å²) in [6.45, 7) is 11.9. The molecule has 0 heterocycles. The molecule has 1 saturated carbocycles. The fourth-order valence-electron chi connectivity index (χ4n) is 4.31. The molecule has 0 aliphatic heterocycles. The maximum absolute atomic E-state index is 6.46. The third-order valence-corrected chi connectivity index (χ3v) is 11.7. The van der Waals surface area contributed by atoms with Crippen LogP contribution in [-0.2, 0) is 9.47 Å². The maximum Gasteiger partial charge on any atom is 0.250 e. The molecule has 5 nitrogen and oxygen atoms in total. The fourth-order valence-corrected chi connectivity index (χ4v) is 5.34. The summed E-state index contributed by atoms with van der Waals surface area (Å²) in [6.07, 6.45) is 4.60. The molecule has 0 amide bonds. The van der Waals surface area contributed by atoms with Gasteiger partial charge in [-0.2, -0.15) is 0 Å². The summed E-state index contributed by atoms with van der Waals surface area (Å²) < 4.78 is 28.1. The van der Waals surface area contributed by atoms with E-state index in [1.807, 2.05) is 12.1 Å². The number of hydrogen-bond donors (Lipinski definition) is 0. The molecule has 1 aliphatic carbocycles. The van der Waals surface area contributed by atoms with E-state index >= 15 is 0 Å². The SMILES string of the molecule is COCOc1ccc(C2CCC(c3ccc(O[Si](C)(C)C(C)(C)C)cc3)CC2)c(OCOC)c1. The van der Waals surface area contributed by atoms with Crippen molar-refractivity contribution < 1.29 is 23.4 Å². The molecule has 0 unspecified atom stereocenters. The quantitative estimate of drug-likeness (QED) is 0.257. The Labute approximate surface area is 206 Å². The highest BCUT2D eigenvalue weighted by molar-refractivity contribution is 6.74. The van der Waals surface area contributed by atoms with Gasteiger partial charge in [-0.05, 0) is 85.0 Å². The second kappa shape index (κ2) is 11.6. The largest absolute Gasteiger partial charge is 0.544 e. The average Bonchev–Trinajstić information content (AvgIpc) is 2.81. The van der Waals surface area contributed by atoms with Gasteiger partial charge in [-0.1, -0.05) is 39.0 Å². The summed E-state index contributed by atoms with van der Waals surface area (Å²) in [5.74, 6) is 3.64. The highest BCUT2D eigenvalue weighted by Gasteiger charge is 2.39. The molecule has 34 heavy (non-hydrogen) atoms. The molecule has 0 N–H and O–H groups in total. The van der Waals surface area contributed by atoms with Crippen molar-refractivity contribution in [1.82, 2.24) is 0 Å². The van der Waals surface area contributed by atoms with Crippen LogP contribution in [0.1, 0.15) is 69.4 Å². The number of ether oxygens (including phenoxy) is 4. The Morgan fingerprint density at radius 3 is 1.91 bits per heavy atom. The molecule has 2 aromatic carbocycles. The average molecular weight is 487 g/mol. The first kappa shape index (κ1) is 26.6. The van der Waals surface area contributed by atoms with Crippen molar-refractivity contribution in [1.29, 1.82) is 0 Å². The molecule has 6 heteroatoms. The minimum Gasteiger partial charge on any atom is -0.544 e. The van der Waals surface area contributed by atoms with Crippen molar-refractivity contribution in [3.63, 3.8) is 0 Å². The molecule has 0 spiro atoms. The van der Waals surface area contributed by atoms with Gasteiger partial charge in [0.05, 0.1) is 0 Å². The van der Waals surface area contributed by atoms with Gasteiger partial charge in [0.25, 0.3) is 0 Å². The van der Waals surface area contributed by atoms with Crippen LogP contribution in [0.2, 0.25) is 18.1 Å². The van der Waals surface area contributed by atoms with E-state index in [-0.39, 0.29) is 18.6 Å². The molecule has 1 aliphatic rings. The van der Waals surface area contributed by atoms with Crippen LogP contribution in [0.4, 0.5) is 0 Å². The van der Waals surface area contributed by atoms with E-state index in [4.69, 9.17) is 23.4 Å². The summed E-state index contributed by atoms with van der Waals surface area (Å²) in [6, 6.07) is 14.9. The summed E-state index contributed by atoms with van der Waals surface area (Å²) in [4.78, 5) is 0. The molecule has 0 saturated heterocycles. The van der Waals surface area contributed by atoms with E-state index in [9.17, 15) is 0 Å². The number of methoxy groups -OCH3 is 2. The van der Waals surface area contributed by atoms with Crippen LogP contribution < -0.4 is 13.9 Å². The van der Waals surface area contributed by atoms with Gasteiger partial charge in [-0.15, -0.1) is 0 Å². The normalized spacial score (nSPS) is 19.0. The highest BCUT2D eigenvalue weighted by atomic mass is 28.4. The standard InChI is InChI=1S/C28H42O5Si/c1-28(2,3)34(6,7)33-24-14-12-22(13-15-24)21-8-10-23(11-9-21)26-17-16-25(31-19-29-4)18-27(26)32-20-30-5/h12-18,21,23H,8-11,19-20H2,1-7H3.